The topological polar surface area (TPSA) is 42.7 Å². The molecular weight excluding hydrogens is 254 g/mol. The maximum atomic E-state index is 11.5. The molecule has 1 rings (SSSR count). The quantitative estimate of drug-likeness (QED) is 0.537. The third kappa shape index (κ3) is 4.67. The van der Waals surface area contributed by atoms with Gasteiger partial charge in [-0.2, -0.15) is 0 Å². The zero-order valence-electron chi connectivity index (χ0n) is 13.4. The Balaban J connectivity index is 2.71. The van der Waals surface area contributed by atoms with Gasteiger partial charge in [0.1, 0.15) is 5.76 Å². The lowest BCUT2D eigenvalue weighted by Crippen LogP contribution is -2.31. The number of ether oxygens (including phenoxy) is 1. The highest BCUT2D eigenvalue weighted by atomic mass is 16.5. The molecule has 1 aromatic rings. The molecule has 0 fully saturated rings. The molecule has 20 heavy (non-hydrogen) atoms. The Morgan fingerprint density at radius 1 is 1.40 bits per heavy atom. The van der Waals surface area contributed by atoms with Gasteiger partial charge in [0.15, 0.2) is 0 Å². The summed E-state index contributed by atoms with van der Waals surface area (Å²) in [7, 11) is 1.37. The van der Waals surface area contributed by atoms with E-state index in [-0.39, 0.29) is 0 Å². The molecule has 0 saturated carbocycles. The molecule has 0 N–H and O–H groups in total. The van der Waals surface area contributed by atoms with Crippen LogP contribution in [-0.2, 0) is 11.3 Å². The average Bonchev–Trinajstić information content (AvgIpc) is 2.77. The Hall–Kier alpha value is -1.29. The van der Waals surface area contributed by atoms with Crippen molar-refractivity contribution in [2.45, 2.75) is 59.5 Å². The number of esters is 1. The second-order valence-corrected chi connectivity index (χ2v) is 5.49. The maximum absolute atomic E-state index is 11.5. The van der Waals surface area contributed by atoms with Gasteiger partial charge in [0.25, 0.3) is 0 Å². The molecule has 4 heteroatoms. The van der Waals surface area contributed by atoms with Gasteiger partial charge >= 0.3 is 5.97 Å². The van der Waals surface area contributed by atoms with Gasteiger partial charge < -0.3 is 9.15 Å². The molecule has 0 amide bonds. The van der Waals surface area contributed by atoms with E-state index in [0.29, 0.717) is 11.8 Å². The first-order chi connectivity index (χ1) is 9.49. The Kier molecular flexibility index (Phi) is 6.79. The lowest BCUT2D eigenvalue weighted by atomic mass is 10.2. The van der Waals surface area contributed by atoms with Crippen LogP contribution in [0.5, 0.6) is 0 Å². The number of aryl methyl sites for hydroxylation is 1. The van der Waals surface area contributed by atoms with Crippen LogP contribution in [0.15, 0.2) is 10.5 Å². The molecule has 0 spiro atoms. The Labute approximate surface area is 122 Å². The van der Waals surface area contributed by atoms with E-state index < -0.39 is 5.97 Å². The van der Waals surface area contributed by atoms with Gasteiger partial charge in [-0.05, 0) is 39.8 Å². The summed E-state index contributed by atoms with van der Waals surface area (Å²) in [4.78, 5) is 13.9. The van der Waals surface area contributed by atoms with Crippen molar-refractivity contribution in [3.63, 3.8) is 0 Å². The predicted molar refractivity (Wildman–Crippen MR) is 79.9 cm³/mol. The standard InChI is InChI=1S/C16H27NO3/c1-6-7-8-9-17(12(2)3)11-14-10-13(4)15(20-14)16(18)19-5/h10,12H,6-9,11H2,1-5H3. The van der Waals surface area contributed by atoms with Gasteiger partial charge in [-0.3, -0.25) is 4.90 Å². The molecule has 0 aliphatic rings. The number of rotatable bonds is 8. The number of unbranched alkanes of at least 4 members (excludes halogenated alkanes) is 2. The second-order valence-electron chi connectivity index (χ2n) is 5.49. The minimum atomic E-state index is -0.407. The lowest BCUT2D eigenvalue weighted by molar-refractivity contribution is 0.0559. The van der Waals surface area contributed by atoms with Crippen molar-refractivity contribution in [2.24, 2.45) is 0 Å². The highest BCUT2D eigenvalue weighted by Crippen LogP contribution is 2.18. The van der Waals surface area contributed by atoms with Crippen LogP contribution in [0.4, 0.5) is 0 Å². The molecule has 4 nitrogen and oxygen atoms in total. The summed E-state index contributed by atoms with van der Waals surface area (Å²) in [5.41, 5.74) is 0.837. The van der Waals surface area contributed by atoms with E-state index in [1.165, 1.54) is 26.4 Å². The minimum absolute atomic E-state index is 0.319. The molecule has 0 aromatic carbocycles. The number of hydrogen-bond donors (Lipinski definition) is 0. The number of carbonyl (C=O) groups excluding carboxylic acids is 1. The van der Waals surface area contributed by atoms with Crippen LogP contribution in [0.1, 0.15) is 61.9 Å². The Morgan fingerprint density at radius 3 is 2.65 bits per heavy atom. The van der Waals surface area contributed by atoms with Crippen LogP contribution < -0.4 is 0 Å². The highest BCUT2D eigenvalue weighted by molar-refractivity contribution is 5.87. The first-order valence-corrected chi connectivity index (χ1v) is 7.41. The zero-order chi connectivity index (χ0) is 15.1. The van der Waals surface area contributed by atoms with E-state index >= 15 is 0 Å². The molecule has 0 aliphatic heterocycles. The fourth-order valence-corrected chi connectivity index (χ4v) is 2.21. The smallest absolute Gasteiger partial charge is 0.374 e. The molecule has 0 bridgehead atoms. The molecular formula is C16H27NO3. The first kappa shape index (κ1) is 16.8. The highest BCUT2D eigenvalue weighted by Gasteiger charge is 2.18. The van der Waals surface area contributed by atoms with E-state index in [0.717, 1.165) is 24.4 Å². The van der Waals surface area contributed by atoms with Crippen LogP contribution in [0, 0.1) is 6.92 Å². The monoisotopic (exact) mass is 281 g/mol. The van der Waals surface area contributed by atoms with Crippen LogP contribution >= 0.6 is 0 Å². The average molecular weight is 281 g/mol. The van der Waals surface area contributed by atoms with Gasteiger partial charge in [0.05, 0.1) is 13.7 Å². The SMILES string of the molecule is CCCCCN(Cc1cc(C)c(C(=O)OC)o1)C(C)C. The van der Waals surface area contributed by atoms with Crippen molar-refractivity contribution in [1.82, 2.24) is 4.90 Å². The van der Waals surface area contributed by atoms with E-state index in [9.17, 15) is 4.79 Å². The summed E-state index contributed by atoms with van der Waals surface area (Å²) < 4.78 is 10.4. The molecule has 1 heterocycles. The third-order valence-electron chi connectivity index (χ3n) is 3.48. The molecule has 0 saturated heterocycles. The third-order valence-corrected chi connectivity index (χ3v) is 3.48. The van der Waals surface area contributed by atoms with Crippen LogP contribution in [0.25, 0.3) is 0 Å². The number of carbonyl (C=O) groups is 1. The normalized spacial score (nSPS) is 11.3. The van der Waals surface area contributed by atoms with Gasteiger partial charge in [0, 0.05) is 11.6 Å². The Morgan fingerprint density at radius 2 is 2.10 bits per heavy atom. The van der Waals surface area contributed by atoms with Crippen LogP contribution in [-0.4, -0.2) is 30.6 Å². The summed E-state index contributed by atoms with van der Waals surface area (Å²) in [6.45, 7) is 10.2. The van der Waals surface area contributed by atoms with Crippen molar-refractivity contribution in [3.05, 3.63) is 23.2 Å². The summed E-state index contributed by atoms with van der Waals surface area (Å²) >= 11 is 0. The zero-order valence-corrected chi connectivity index (χ0v) is 13.4. The summed E-state index contributed by atoms with van der Waals surface area (Å²) in [6.07, 6.45) is 3.66. The van der Waals surface area contributed by atoms with Crippen molar-refractivity contribution < 1.29 is 13.9 Å². The molecule has 0 atom stereocenters. The number of nitrogens with zero attached hydrogens (tertiary/aromatic N) is 1. The fraction of sp³-hybridized carbons (Fsp3) is 0.688. The van der Waals surface area contributed by atoms with Crippen molar-refractivity contribution in [2.75, 3.05) is 13.7 Å². The van der Waals surface area contributed by atoms with Crippen molar-refractivity contribution in [3.8, 4) is 0 Å². The van der Waals surface area contributed by atoms with Crippen molar-refractivity contribution in [1.29, 1.82) is 0 Å². The molecule has 114 valence electrons. The van der Waals surface area contributed by atoms with E-state index in [4.69, 9.17) is 9.15 Å². The second kappa shape index (κ2) is 8.10. The van der Waals surface area contributed by atoms with Gasteiger partial charge in [-0.25, -0.2) is 4.79 Å². The molecule has 0 aliphatic carbocycles. The predicted octanol–water partition coefficient (Wildman–Crippen LogP) is 3.78. The maximum Gasteiger partial charge on any atom is 0.374 e. The first-order valence-electron chi connectivity index (χ1n) is 7.41. The summed E-state index contributed by atoms with van der Waals surface area (Å²) in [5, 5.41) is 0. The van der Waals surface area contributed by atoms with E-state index in [1.807, 2.05) is 13.0 Å². The van der Waals surface area contributed by atoms with Crippen LogP contribution in [0.2, 0.25) is 0 Å². The van der Waals surface area contributed by atoms with Gasteiger partial charge in [-0.15, -0.1) is 0 Å². The largest absolute Gasteiger partial charge is 0.463 e. The summed E-state index contributed by atoms with van der Waals surface area (Å²) in [6, 6.07) is 2.39. The van der Waals surface area contributed by atoms with E-state index in [1.54, 1.807) is 0 Å². The van der Waals surface area contributed by atoms with Gasteiger partial charge in [0.2, 0.25) is 5.76 Å². The molecule has 1 aromatic heterocycles. The van der Waals surface area contributed by atoms with E-state index in [2.05, 4.69) is 25.7 Å². The number of hydrogen-bond acceptors (Lipinski definition) is 4. The number of furan rings is 1. The molecule has 0 radical (unpaired) electrons. The van der Waals surface area contributed by atoms with Crippen LogP contribution in [0.3, 0.4) is 0 Å². The Bertz CT molecular complexity index is 423. The van der Waals surface area contributed by atoms with Crippen molar-refractivity contribution >= 4 is 5.97 Å². The lowest BCUT2D eigenvalue weighted by Gasteiger charge is -2.25. The van der Waals surface area contributed by atoms with Gasteiger partial charge in [-0.1, -0.05) is 19.8 Å². The molecule has 0 unspecified atom stereocenters. The summed E-state index contributed by atoms with van der Waals surface area (Å²) in [5.74, 6) is 0.740. The minimum Gasteiger partial charge on any atom is -0.463 e. The fourth-order valence-electron chi connectivity index (χ4n) is 2.21. The number of methoxy groups -OCH3 is 1.